The SMILES string of the molecule is O=C(Nc1ccc2c(c1Cl)B(O)OC2)OCC(F)(F)F. The molecular weight excluding hydrogens is 301 g/mol. The van der Waals surface area contributed by atoms with E-state index in [2.05, 4.69) is 10.1 Å². The lowest BCUT2D eigenvalue weighted by Crippen LogP contribution is -2.30. The molecule has 0 bridgehead atoms. The highest BCUT2D eigenvalue weighted by atomic mass is 35.5. The Bertz CT molecular complexity index is 540. The topological polar surface area (TPSA) is 67.8 Å². The van der Waals surface area contributed by atoms with Gasteiger partial charge in [0.05, 0.1) is 17.3 Å². The Morgan fingerprint density at radius 2 is 2.25 bits per heavy atom. The van der Waals surface area contributed by atoms with Gasteiger partial charge < -0.3 is 14.4 Å². The highest BCUT2D eigenvalue weighted by Crippen LogP contribution is 2.25. The third-order valence-electron chi connectivity index (χ3n) is 2.52. The molecule has 0 atom stereocenters. The van der Waals surface area contributed by atoms with Crippen LogP contribution in [0.1, 0.15) is 5.56 Å². The normalized spacial score (nSPS) is 14.2. The van der Waals surface area contributed by atoms with Crippen molar-refractivity contribution < 1.29 is 32.4 Å². The van der Waals surface area contributed by atoms with E-state index in [1.54, 1.807) is 0 Å². The molecule has 2 rings (SSSR count). The van der Waals surface area contributed by atoms with E-state index in [1.807, 2.05) is 0 Å². The summed E-state index contributed by atoms with van der Waals surface area (Å²) in [4.78, 5) is 11.2. The molecular formula is C10H8BClF3NO4. The van der Waals surface area contributed by atoms with Crippen molar-refractivity contribution in [2.24, 2.45) is 0 Å². The highest BCUT2D eigenvalue weighted by molar-refractivity contribution is 6.66. The zero-order valence-electron chi connectivity index (χ0n) is 9.83. The van der Waals surface area contributed by atoms with E-state index in [9.17, 15) is 23.0 Å². The third-order valence-corrected chi connectivity index (χ3v) is 2.92. The Hall–Kier alpha value is -1.45. The van der Waals surface area contributed by atoms with Crippen molar-refractivity contribution >= 4 is 36.0 Å². The molecule has 1 aliphatic rings. The summed E-state index contributed by atoms with van der Waals surface area (Å²) in [5.74, 6) is 0. The van der Waals surface area contributed by atoms with Gasteiger partial charge in [-0.1, -0.05) is 17.7 Å². The van der Waals surface area contributed by atoms with E-state index in [4.69, 9.17) is 16.3 Å². The molecule has 2 N–H and O–H groups in total. The summed E-state index contributed by atoms with van der Waals surface area (Å²) < 4.78 is 44.6. The van der Waals surface area contributed by atoms with Crippen molar-refractivity contribution in [1.82, 2.24) is 0 Å². The second-order valence-corrected chi connectivity index (χ2v) is 4.36. The smallest absolute Gasteiger partial charge is 0.440 e. The van der Waals surface area contributed by atoms with Gasteiger partial charge in [-0.3, -0.25) is 5.32 Å². The molecule has 1 amide bonds. The van der Waals surface area contributed by atoms with E-state index >= 15 is 0 Å². The number of benzene rings is 1. The zero-order valence-corrected chi connectivity index (χ0v) is 10.6. The molecule has 1 aromatic carbocycles. The molecule has 1 heterocycles. The second-order valence-electron chi connectivity index (χ2n) is 3.98. The maximum atomic E-state index is 11.9. The van der Waals surface area contributed by atoms with Gasteiger partial charge in [0.1, 0.15) is 0 Å². The average molecular weight is 309 g/mol. The number of carbonyl (C=O) groups excluding carboxylic acids is 1. The van der Waals surface area contributed by atoms with Gasteiger partial charge in [-0.15, -0.1) is 0 Å². The van der Waals surface area contributed by atoms with Crippen molar-refractivity contribution in [3.63, 3.8) is 0 Å². The van der Waals surface area contributed by atoms with Crippen LogP contribution in [0.3, 0.4) is 0 Å². The van der Waals surface area contributed by atoms with Crippen LogP contribution in [0.4, 0.5) is 23.7 Å². The van der Waals surface area contributed by atoms with Gasteiger partial charge in [0, 0.05) is 5.46 Å². The van der Waals surface area contributed by atoms with E-state index in [0.29, 0.717) is 5.56 Å². The van der Waals surface area contributed by atoms with E-state index in [0.717, 1.165) is 0 Å². The van der Waals surface area contributed by atoms with Crippen molar-refractivity contribution in [3.05, 3.63) is 22.7 Å². The van der Waals surface area contributed by atoms with Crippen LogP contribution in [0, 0.1) is 0 Å². The third kappa shape index (κ3) is 3.35. The first-order valence-corrected chi connectivity index (χ1v) is 5.77. The Kier molecular flexibility index (Phi) is 4.12. The molecule has 0 aromatic heterocycles. The Balaban J connectivity index is 2.07. The van der Waals surface area contributed by atoms with Crippen molar-refractivity contribution in [3.8, 4) is 0 Å². The van der Waals surface area contributed by atoms with E-state index in [-0.39, 0.29) is 22.8 Å². The first-order chi connectivity index (χ1) is 9.28. The summed E-state index contributed by atoms with van der Waals surface area (Å²) in [5.41, 5.74) is 0.944. The number of halogens is 4. The van der Waals surface area contributed by atoms with Crippen LogP contribution in [-0.2, 0) is 16.0 Å². The molecule has 5 nitrogen and oxygen atoms in total. The summed E-state index contributed by atoms with van der Waals surface area (Å²) in [5, 5.41) is 11.6. The summed E-state index contributed by atoms with van der Waals surface area (Å²) in [6.45, 7) is -1.54. The summed E-state index contributed by atoms with van der Waals surface area (Å²) in [6, 6.07) is 2.92. The monoisotopic (exact) mass is 309 g/mol. The molecule has 0 spiro atoms. The van der Waals surface area contributed by atoms with Gasteiger partial charge >= 0.3 is 19.4 Å². The fourth-order valence-electron chi connectivity index (χ4n) is 1.67. The zero-order chi connectivity index (χ0) is 14.9. The maximum Gasteiger partial charge on any atom is 0.493 e. The average Bonchev–Trinajstić information content (AvgIpc) is 2.72. The summed E-state index contributed by atoms with van der Waals surface area (Å²) in [7, 11) is -1.23. The van der Waals surface area contributed by atoms with E-state index in [1.165, 1.54) is 12.1 Å². The number of carbonyl (C=O) groups is 1. The minimum absolute atomic E-state index is 0.00328. The lowest BCUT2D eigenvalue weighted by molar-refractivity contribution is -0.159. The van der Waals surface area contributed by atoms with Gasteiger partial charge in [0.2, 0.25) is 0 Å². The highest BCUT2D eigenvalue weighted by Gasteiger charge is 2.32. The molecule has 108 valence electrons. The lowest BCUT2D eigenvalue weighted by atomic mass is 9.79. The van der Waals surface area contributed by atoms with Crippen LogP contribution in [0.2, 0.25) is 5.02 Å². The van der Waals surface area contributed by atoms with Crippen LogP contribution in [0.5, 0.6) is 0 Å². The standard InChI is InChI=1S/C10H8BClF3NO4/c12-8-6(16-9(17)19-4-10(13,14)15)2-1-5-3-20-11(18)7(5)8/h1-2,18H,3-4H2,(H,16,17). The van der Waals surface area contributed by atoms with Crippen molar-refractivity contribution in [2.45, 2.75) is 12.8 Å². The predicted molar refractivity (Wildman–Crippen MR) is 64.9 cm³/mol. The Morgan fingerprint density at radius 3 is 2.90 bits per heavy atom. The van der Waals surface area contributed by atoms with Gasteiger partial charge in [-0.05, 0) is 11.6 Å². The number of anilines is 1. The van der Waals surface area contributed by atoms with Gasteiger partial charge in [0.15, 0.2) is 6.61 Å². The van der Waals surface area contributed by atoms with Crippen LogP contribution in [0.15, 0.2) is 12.1 Å². The number of fused-ring (bicyclic) bond motifs is 1. The van der Waals surface area contributed by atoms with E-state index < -0.39 is 26.0 Å². The number of rotatable bonds is 2. The van der Waals surface area contributed by atoms with Crippen LogP contribution in [0.25, 0.3) is 0 Å². The van der Waals surface area contributed by atoms with Crippen molar-refractivity contribution in [1.29, 1.82) is 0 Å². The molecule has 1 aliphatic heterocycles. The Labute approximate surface area is 116 Å². The molecule has 0 saturated heterocycles. The quantitative estimate of drug-likeness (QED) is 0.816. The number of amides is 1. The predicted octanol–water partition coefficient (Wildman–Crippen LogP) is 1.67. The largest absolute Gasteiger partial charge is 0.493 e. The van der Waals surface area contributed by atoms with Gasteiger partial charge in [0.25, 0.3) is 0 Å². The number of hydrogen-bond donors (Lipinski definition) is 2. The van der Waals surface area contributed by atoms with Crippen LogP contribution in [-0.4, -0.2) is 31.0 Å². The molecule has 0 saturated carbocycles. The second kappa shape index (κ2) is 5.51. The molecule has 20 heavy (non-hydrogen) atoms. The minimum atomic E-state index is -4.61. The first kappa shape index (κ1) is 15.0. The van der Waals surface area contributed by atoms with Crippen LogP contribution < -0.4 is 10.8 Å². The van der Waals surface area contributed by atoms with Gasteiger partial charge in [-0.2, -0.15) is 13.2 Å². The molecule has 0 unspecified atom stereocenters. The lowest BCUT2D eigenvalue weighted by Gasteiger charge is -2.12. The number of nitrogens with one attached hydrogen (secondary N) is 1. The fourth-order valence-corrected chi connectivity index (χ4v) is 1.99. The number of hydrogen-bond acceptors (Lipinski definition) is 4. The van der Waals surface area contributed by atoms with Gasteiger partial charge in [-0.25, -0.2) is 4.79 Å². The molecule has 0 fully saturated rings. The van der Waals surface area contributed by atoms with Crippen molar-refractivity contribution in [2.75, 3.05) is 11.9 Å². The first-order valence-electron chi connectivity index (χ1n) is 5.39. The minimum Gasteiger partial charge on any atom is -0.440 e. The molecule has 10 heteroatoms. The number of alkyl halides is 3. The summed E-state index contributed by atoms with van der Waals surface area (Å²) in [6.07, 6.45) is -5.90. The molecule has 0 aliphatic carbocycles. The van der Waals surface area contributed by atoms with Crippen LogP contribution >= 0.6 is 11.6 Å². The maximum absolute atomic E-state index is 11.9. The fraction of sp³-hybridized carbons (Fsp3) is 0.300. The Morgan fingerprint density at radius 1 is 1.55 bits per heavy atom. The molecule has 0 radical (unpaired) electrons. The summed E-state index contributed by atoms with van der Waals surface area (Å²) >= 11 is 5.95. The molecule has 1 aromatic rings. The number of ether oxygens (including phenoxy) is 1.